The molecular weight excluding hydrogens is 216 g/mol. The van der Waals surface area contributed by atoms with Gasteiger partial charge in [0.2, 0.25) is 0 Å². The first-order valence-electron chi connectivity index (χ1n) is 5.99. The molecule has 0 spiro atoms. The van der Waals surface area contributed by atoms with Crippen molar-refractivity contribution in [3.05, 3.63) is 29.8 Å². The first-order valence-corrected chi connectivity index (χ1v) is 5.99. The maximum absolute atomic E-state index is 12.1. The highest BCUT2D eigenvalue weighted by Crippen LogP contribution is 2.26. The third kappa shape index (κ3) is 2.73. The Morgan fingerprint density at radius 2 is 2.29 bits per heavy atom. The fourth-order valence-corrected chi connectivity index (χ4v) is 2.18. The molecule has 1 aromatic rings. The van der Waals surface area contributed by atoms with Crippen LogP contribution in [0.3, 0.4) is 0 Å². The van der Waals surface area contributed by atoms with Gasteiger partial charge in [0.05, 0.1) is 6.61 Å². The molecule has 1 unspecified atom stereocenters. The summed E-state index contributed by atoms with van der Waals surface area (Å²) in [4.78, 5) is 23.3. The number of Topliss-reactive ketones (excluding diaryl/α,β-unsaturated/α-hetero) is 2. The molecular formula is C14H16O3. The van der Waals surface area contributed by atoms with Crippen molar-refractivity contribution in [1.29, 1.82) is 0 Å². The van der Waals surface area contributed by atoms with Gasteiger partial charge in [-0.25, -0.2) is 0 Å². The van der Waals surface area contributed by atoms with Gasteiger partial charge in [-0.3, -0.25) is 9.59 Å². The molecule has 3 nitrogen and oxygen atoms in total. The summed E-state index contributed by atoms with van der Waals surface area (Å²) < 4.78 is 5.36. The number of rotatable bonds is 4. The van der Waals surface area contributed by atoms with E-state index in [1.807, 2.05) is 19.1 Å². The van der Waals surface area contributed by atoms with Crippen LogP contribution in [-0.4, -0.2) is 18.2 Å². The Hall–Kier alpha value is -1.64. The molecule has 17 heavy (non-hydrogen) atoms. The maximum atomic E-state index is 12.1. The summed E-state index contributed by atoms with van der Waals surface area (Å²) in [5.74, 6) is 0.851. The quantitative estimate of drug-likeness (QED) is 0.749. The van der Waals surface area contributed by atoms with E-state index in [-0.39, 0.29) is 17.5 Å². The van der Waals surface area contributed by atoms with Gasteiger partial charge in [0.15, 0.2) is 5.78 Å². The first kappa shape index (κ1) is 11.8. The van der Waals surface area contributed by atoms with Gasteiger partial charge >= 0.3 is 0 Å². The molecule has 0 amide bonds. The standard InChI is InChI=1S/C14H16O3/c1-2-17-13-5-3-4-10(9-13)14(16)11-6-7-12(15)8-11/h3-5,9,11H,2,6-8H2,1H3. The lowest BCUT2D eigenvalue weighted by Gasteiger charge is -2.09. The molecule has 1 aromatic carbocycles. The van der Waals surface area contributed by atoms with Gasteiger partial charge in [-0.05, 0) is 25.5 Å². The lowest BCUT2D eigenvalue weighted by Crippen LogP contribution is -2.11. The second-order valence-corrected chi connectivity index (χ2v) is 4.30. The molecule has 1 fully saturated rings. The fraction of sp³-hybridized carbons (Fsp3) is 0.429. The van der Waals surface area contributed by atoms with E-state index < -0.39 is 0 Å². The van der Waals surface area contributed by atoms with Gasteiger partial charge in [0.1, 0.15) is 11.5 Å². The molecule has 0 aromatic heterocycles. The SMILES string of the molecule is CCOc1cccc(C(=O)C2CCC(=O)C2)c1. The molecule has 0 bridgehead atoms. The molecule has 0 heterocycles. The molecule has 0 radical (unpaired) electrons. The average molecular weight is 232 g/mol. The summed E-state index contributed by atoms with van der Waals surface area (Å²) in [6, 6.07) is 7.19. The minimum atomic E-state index is -0.126. The minimum absolute atomic E-state index is 0.0670. The van der Waals surface area contributed by atoms with Crippen LogP contribution in [0.5, 0.6) is 5.75 Å². The van der Waals surface area contributed by atoms with Crippen LogP contribution < -0.4 is 4.74 Å². The van der Waals surface area contributed by atoms with Crippen LogP contribution in [0.4, 0.5) is 0 Å². The Kier molecular flexibility index (Phi) is 3.57. The van der Waals surface area contributed by atoms with E-state index in [0.717, 1.165) is 0 Å². The maximum Gasteiger partial charge on any atom is 0.166 e. The number of carbonyl (C=O) groups excluding carboxylic acids is 2. The van der Waals surface area contributed by atoms with Crippen molar-refractivity contribution in [3.63, 3.8) is 0 Å². The zero-order chi connectivity index (χ0) is 12.3. The summed E-state index contributed by atoms with van der Waals surface area (Å²) in [6.07, 6.45) is 1.63. The van der Waals surface area contributed by atoms with Gasteiger partial charge in [0, 0.05) is 24.3 Å². The van der Waals surface area contributed by atoms with Crippen molar-refractivity contribution >= 4 is 11.6 Å². The summed E-state index contributed by atoms with van der Waals surface area (Å²) >= 11 is 0. The average Bonchev–Trinajstić information content (AvgIpc) is 2.76. The van der Waals surface area contributed by atoms with Crippen LogP contribution in [-0.2, 0) is 4.79 Å². The largest absolute Gasteiger partial charge is 0.494 e. The van der Waals surface area contributed by atoms with Crippen molar-refractivity contribution in [1.82, 2.24) is 0 Å². The minimum Gasteiger partial charge on any atom is -0.494 e. The summed E-state index contributed by atoms with van der Waals surface area (Å²) in [5, 5.41) is 0. The predicted molar refractivity (Wildman–Crippen MR) is 64.3 cm³/mol. The molecule has 1 aliphatic rings. The molecule has 90 valence electrons. The van der Waals surface area contributed by atoms with Crippen LogP contribution in [0.1, 0.15) is 36.5 Å². The second kappa shape index (κ2) is 5.13. The van der Waals surface area contributed by atoms with Crippen LogP contribution in [0.2, 0.25) is 0 Å². The predicted octanol–water partition coefficient (Wildman–Crippen LogP) is 2.64. The third-order valence-electron chi connectivity index (χ3n) is 3.05. The third-order valence-corrected chi connectivity index (χ3v) is 3.05. The molecule has 2 rings (SSSR count). The van der Waals surface area contributed by atoms with Gasteiger partial charge < -0.3 is 4.74 Å². The Morgan fingerprint density at radius 3 is 2.94 bits per heavy atom. The van der Waals surface area contributed by atoms with E-state index >= 15 is 0 Å². The lowest BCUT2D eigenvalue weighted by atomic mass is 9.96. The van der Waals surface area contributed by atoms with Crippen molar-refractivity contribution < 1.29 is 14.3 Å². The topological polar surface area (TPSA) is 43.4 Å². The van der Waals surface area contributed by atoms with E-state index in [4.69, 9.17) is 4.74 Å². The van der Waals surface area contributed by atoms with Gasteiger partial charge in [-0.2, -0.15) is 0 Å². The number of benzene rings is 1. The van der Waals surface area contributed by atoms with E-state index in [1.165, 1.54) is 0 Å². The van der Waals surface area contributed by atoms with Crippen LogP contribution >= 0.6 is 0 Å². The monoisotopic (exact) mass is 232 g/mol. The number of hydrogen-bond acceptors (Lipinski definition) is 3. The molecule has 1 atom stereocenters. The summed E-state index contributed by atoms with van der Waals surface area (Å²) in [5.41, 5.74) is 0.649. The molecule has 0 saturated heterocycles. The number of ether oxygens (including phenoxy) is 1. The molecule has 1 aliphatic carbocycles. The number of ketones is 2. The first-order chi connectivity index (χ1) is 8.20. The second-order valence-electron chi connectivity index (χ2n) is 4.30. The smallest absolute Gasteiger partial charge is 0.166 e. The van der Waals surface area contributed by atoms with Crippen LogP contribution in [0.15, 0.2) is 24.3 Å². The van der Waals surface area contributed by atoms with E-state index in [1.54, 1.807) is 12.1 Å². The van der Waals surface area contributed by atoms with Crippen molar-refractivity contribution in [3.8, 4) is 5.75 Å². The van der Waals surface area contributed by atoms with Crippen LogP contribution in [0.25, 0.3) is 0 Å². The molecule has 1 saturated carbocycles. The highest BCUT2D eigenvalue weighted by atomic mass is 16.5. The Labute approximate surface area is 101 Å². The molecule has 0 aliphatic heterocycles. The highest BCUT2D eigenvalue weighted by molar-refractivity contribution is 6.01. The lowest BCUT2D eigenvalue weighted by molar-refractivity contribution is -0.117. The van der Waals surface area contributed by atoms with Gasteiger partial charge in [-0.15, -0.1) is 0 Å². The Bertz CT molecular complexity index is 437. The number of carbonyl (C=O) groups is 2. The highest BCUT2D eigenvalue weighted by Gasteiger charge is 2.28. The Morgan fingerprint density at radius 1 is 1.47 bits per heavy atom. The Balaban J connectivity index is 2.13. The van der Waals surface area contributed by atoms with Crippen LogP contribution in [0, 0.1) is 5.92 Å². The van der Waals surface area contributed by atoms with E-state index in [9.17, 15) is 9.59 Å². The zero-order valence-electron chi connectivity index (χ0n) is 9.94. The van der Waals surface area contributed by atoms with Gasteiger partial charge in [-0.1, -0.05) is 12.1 Å². The zero-order valence-corrected chi connectivity index (χ0v) is 9.94. The van der Waals surface area contributed by atoms with Crippen molar-refractivity contribution in [2.75, 3.05) is 6.61 Å². The van der Waals surface area contributed by atoms with Crippen molar-refractivity contribution in [2.45, 2.75) is 26.2 Å². The summed E-state index contributed by atoms with van der Waals surface area (Å²) in [6.45, 7) is 2.49. The fourth-order valence-electron chi connectivity index (χ4n) is 2.18. The summed E-state index contributed by atoms with van der Waals surface area (Å²) in [7, 11) is 0. The molecule has 0 N–H and O–H groups in total. The normalized spacial score (nSPS) is 19.4. The van der Waals surface area contributed by atoms with E-state index in [0.29, 0.717) is 37.2 Å². The molecule has 3 heteroatoms. The number of hydrogen-bond donors (Lipinski definition) is 0. The van der Waals surface area contributed by atoms with Gasteiger partial charge in [0.25, 0.3) is 0 Å². The van der Waals surface area contributed by atoms with Crippen molar-refractivity contribution in [2.24, 2.45) is 5.92 Å². The van der Waals surface area contributed by atoms with E-state index in [2.05, 4.69) is 0 Å².